The molecule has 0 bridgehead atoms. The Morgan fingerprint density at radius 1 is 1.38 bits per heavy atom. The summed E-state index contributed by atoms with van der Waals surface area (Å²) >= 11 is 0. The first-order valence-corrected chi connectivity index (χ1v) is 8.41. The van der Waals surface area contributed by atoms with Crippen LogP contribution in [-0.4, -0.2) is 46.5 Å². The summed E-state index contributed by atoms with van der Waals surface area (Å²) in [5.41, 5.74) is 0. The first kappa shape index (κ1) is 16.2. The third-order valence-corrected chi connectivity index (χ3v) is 5.72. The van der Waals surface area contributed by atoms with E-state index in [0.29, 0.717) is 19.0 Å². The Kier molecular flexibility index (Phi) is 5.18. The van der Waals surface area contributed by atoms with Gasteiger partial charge in [-0.25, -0.2) is 12.8 Å². The molecule has 0 spiro atoms. The van der Waals surface area contributed by atoms with Gasteiger partial charge in [-0.3, -0.25) is 0 Å². The van der Waals surface area contributed by atoms with Crippen LogP contribution in [0.3, 0.4) is 0 Å². The number of piperidine rings is 1. The second-order valence-corrected chi connectivity index (χ2v) is 7.14. The summed E-state index contributed by atoms with van der Waals surface area (Å²) in [6.07, 6.45) is 1.64. The molecule has 0 aliphatic carbocycles. The van der Waals surface area contributed by atoms with E-state index in [2.05, 4.69) is 5.32 Å². The van der Waals surface area contributed by atoms with Gasteiger partial charge in [0.1, 0.15) is 0 Å². The first-order valence-electron chi connectivity index (χ1n) is 6.97. The van der Waals surface area contributed by atoms with Crippen LogP contribution in [0.4, 0.5) is 4.39 Å². The summed E-state index contributed by atoms with van der Waals surface area (Å²) in [6.45, 7) is 1.84. The number of methoxy groups -OCH3 is 1. The van der Waals surface area contributed by atoms with Crippen molar-refractivity contribution in [2.75, 3.05) is 33.8 Å². The van der Waals surface area contributed by atoms with E-state index in [1.165, 1.54) is 23.5 Å². The van der Waals surface area contributed by atoms with Crippen molar-refractivity contribution >= 4 is 10.0 Å². The minimum atomic E-state index is -3.63. The Balaban J connectivity index is 2.14. The zero-order valence-corrected chi connectivity index (χ0v) is 13.1. The molecule has 1 aliphatic rings. The number of hydrogen-bond donors (Lipinski definition) is 1. The third-order valence-electron chi connectivity index (χ3n) is 3.83. The number of rotatable bonds is 5. The average Bonchev–Trinajstić information content (AvgIpc) is 2.48. The average molecular weight is 316 g/mol. The summed E-state index contributed by atoms with van der Waals surface area (Å²) < 4.78 is 44.9. The summed E-state index contributed by atoms with van der Waals surface area (Å²) in [4.78, 5) is -0.0205. The van der Waals surface area contributed by atoms with E-state index in [1.54, 1.807) is 0 Å². The number of nitrogens with zero attached hydrogens (tertiary/aromatic N) is 1. The second-order valence-electron chi connectivity index (χ2n) is 5.20. The summed E-state index contributed by atoms with van der Waals surface area (Å²) in [5.74, 6) is -0.126. The number of halogens is 1. The maximum atomic E-state index is 13.7. The van der Waals surface area contributed by atoms with Gasteiger partial charge in [0.05, 0.1) is 12.0 Å². The molecule has 0 aromatic heterocycles. The molecule has 21 heavy (non-hydrogen) atoms. The van der Waals surface area contributed by atoms with E-state index in [1.807, 2.05) is 7.05 Å². The van der Waals surface area contributed by atoms with Crippen molar-refractivity contribution in [3.8, 4) is 5.75 Å². The molecule has 0 atom stereocenters. The quantitative estimate of drug-likeness (QED) is 0.893. The molecule has 1 heterocycles. The van der Waals surface area contributed by atoms with E-state index >= 15 is 0 Å². The van der Waals surface area contributed by atoms with Crippen LogP contribution in [-0.2, 0) is 10.0 Å². The molecule has 5 nitrogen and oxygen atoms in total. The van der Waals surface area contributed by atoms with Crippen LogP contribution in [0.5, 0.6) is 5.75 Å². The Hall–Kier alpha value is -1.18. The lowest BCUT2D eigenvalue weighted by atomic mass is 9.98. The van der Waals surface area contributed by atoms with Gasteiger partial charge in [-0.05, 0) is 50.6 Å². The molecule has 0 amide bonds. The zero-order valence-electron chi connectivity index (χ0n) is 12.3. The fourth-order valence-corrected chi connectivity index (χ4v) is 4.08. The molecule has 118 valence electrons. The molecule has 7 heteroatoms. The van der Waals surface area contributed by atoms with Crippen molar-refractivity contribution in [1.82, 2.24) is 9.62 Å². The van der Waals surface area contributed by atoms with Crippen molar-refractivity contribution in [2.24, 2.45) is 5.92 Å². The van der Waals surface area contributed by atoms with E-state index < -0.39 is 15.8 Å². The number of hydrogen-bond acceptors (Lipinski definition) is 4. The van der Waals surface area contributed by atoms with Crippen LogP contribution in [0.1, 0.15) is 12.8 Å². The second kappa shape index (κ2) is 6.72. The van der Waals surface area contributed by atoms with Gasteiger partial charge >= 0.3 is 0 Å². The van der Waals surface area contributed by atoms with E-state index in [-0.39, 0.29) is 10.6 Å². The Labute approximate surface area is 125 Å². The summed E-state index contributed by atoms with van der Waals surface area (Å²) in [6, 6.07) is 3.75. The lowest BCUT2D eigenvalue weighted by molar-refractivity contribution is 0.270. The SMILES string of the molecule is CNCC1CCN(S(=O)(=O)c2ccc(OC)c(F)c2)CC1. The number of nitrogens with one attached hydrogen (secondary N) is 1. The van der Waals surface area contributed by atoms with Crippen molar-refractivity contribution < 1.29 is 17.5 Å². The van der Waals surface area contributed by atoms with Gasteiger partial charge < -0.3 is 10.1 Å². The van der Waals surface area contributed by atoms with Crippen molar-refractivity contribution in [1.29, 1.82) is 0 Å². The molecule has 1 aliphatic heterocycles. The number of sulfonamides is 1. The number of ether oxygens (including phenoxy) is 1. The lowest BCUT2D eigenvalue weighted by Gasteiger charge is -2.31. The van der Waals surface area contributed by atoms with Gasteiger partial charge in [0.2, 0.25) is 10.0 Å². The maximum absolute atomic E-state index is 13.7. The number of benzene rings is 1. The van der Waals surface area contributed by atoms with E-state index in [0.717, 1.165) is 25.5 Å². The molecule has 0 saturated carbocycles. The summed E-state index contributed by atoms with van der Waals surface area (Å²) in [7, 11) is -0.392. The van der Waals surface area contributed by atoms with Crippen LogP contribution < -0.4 is 10.1 Å². The Bertz CT molecular complexity index is 584. The maximum Gasteiger partial charge on any atom is 0.243 e. The fraction of sp³-hybridized carbons (Fsp3) is 0.571. The fourth-order valence-electron chi connectivity index (χ4n) is 2.60. The zero-order chi connectivity index (χ0) is 15.5. The van der Waals surface area contributed by atoms with Gasteiger partial charge in [0, 0.05) is 13.1 Å². The lowest BCUT2D eigenvalue weighted by Crippen LogP contribution is -2.40. The largest absolute Gasteiger partial charge is 0.494 e. The molecule has 1 fully saturated rings. The highest BCUT2D eigenvalue weighted by molar-refractivity contribution is 7.89. The van der Waals surface area contributed by atoms with Crippen LogP contribution in [0.15, 0.2) is 23.1 Å². The Morgan fingerprint density at radius 3 is 2.57 bits per heavy atom. The van der Waals surface area contributed by atoms with E-state index in [9.17, 15) is 12.8 Å². The predicted octanol–water partition coefficient (Wildman–Crippen LogP) is 1.45. The molecule has 1 saturated heterocycles. The molecular formula is C14H21FN2O3S. The summed E-state index contributed by atoms with van der Waals surface area (Å²) in [5, 5.41) is 3.11. The predicted molar refractivity (Wildman–Crippen MR) is 78.4 cm³/mol. The van der Waals surface area contributed by atoms with Crippen molar-refractivity contribution in [3.05, 3.63) is 24.0 Å². The molecule has 0 radical (unpaired) electrons. The van der Waals surface area contributed by atoms with Crippen LogP contribution in [0.2, 0.25) is 0 Å². The van der Waals surface area contributed by atoms with Crippen LogP contribution in [0, 0.1) is 11.7 Å². The van der Waals surface area contributed by atoms with E-state index in [4.69, 9.17) is 4.74 Å². The highest BCUT2D eigenvalue weighted by Crippen LogP contribution is 2.26. The normalized spacial score (nSPS) is 17.9. The highest BCUT2D eigenvalue weighted by atomic mass is 32.2. The molecule has 1 aromatic rings. The minimum absolute atomic E-state index is 0.0205. The molecule has 2 rings (SSSR count). The van der Waals surface area contributed by atoms with Crippen molar-refractivity contribution in [3.63, 3.8) is 0 Å². The van der Waals surface area contributed by atoms with Crippen molar-refractivity contribution in [2.45, 2.75) is 17.7 Å². The molecular weight excluding hydrogens is 295 g/mol. The first-order chi connectivity index (χ1) is 9.98. The third kappa shape index (κ3) is 3.53. The standard InChI is InChI=1S/C14H21FN2O3S/c1-16-10-11-5-7-17(8-6-11)21(18,19)12-3-4-14(20-2)13(15)9-12/h3-4,9,11,16H,5-8,10H2,1-2H3. The molecule has 1 aromatic carbocycles. The van der Waals surface area contributed by atoms with Gasteiger partial charge in [-0.15, -0.1) is 0 Å². The highest BCUT2D eigenvalue weighted by Gasteiger charge is 2.29. The van der Waals surface area contributed by atoms with Crippen LogP contribution in [0.25, 0.3) is 0 Å². The van der Waals surface area contributed by atoms with Gasteiger partial charge in [0.15, 0.2) is 11.6 Å². The monoisotopic (exact) mass is 316 g/mol. The smallest absolute Gasteiger partial charge is 0.243 e. The van der Waals surface area contributed by atoms with Gasteiger partial charge in [-0.1, -0.05) is 0 Å². The van der Waals surface area contributed by atoms with Gasteiger partial charge in [0.25, 0.3) is 0 Å². The minimum Gasteiger partial charge on any atom is -0.494 e. The topological polar surface area (TPSA) is 58.6 Å². The molecule has 0 unspecified atom stereocenters. The van der Waals surface area contributed by atoms with Gasteiger partial charge in [-0.2, -0.15) is 4.31 Å². The molecule has 1 N–H and O–H groups in total. The Morgan fingerprint density at radius 2 is 2.05 bits per heavy atom. The van der Waals surface area contributed by atoms with Crippen LogP contribution >= 0.6 is 0 Å².